The van der Waals surface area contributed by atoms with E-state index in [1.807, 2.05) is 36.4 Å². The maximum atomic E-state index is 10.4. The molecule has 3 heteroatoms. The van der Waals surface area contributed by atoms with Crippen molar-refractivity contribution in [2.75, 3.05) is 26.2 Å². The highest BCUT2D eigenvalue weighted by Crippen LogP contribution is 2.29. The van der Waals surface area contributed by atoms with Crippen molar-refractivity contribution in [2.24, 2.45) is 11.8 Å². The van der Waals surface area contributed by atoms with Crippen LogP contribution in [0.2, 0.25) is 0 Å². The molecule has 0 aliphatic carbocycles. The molecule has 0 amide bonds. The van der Waals surface area contributed by atoms with Crippen LogP contribution in [0, 0.1) is 11.8 Å². The fourth-order valence-corrected chi connectivity index (χ4v) is 3.93. The molecule has 1 N–H and O–H groups in total. The van der Waals surface area contributed by atoms with Gasteiger partial charge in [0.15, 0.2) is 0 Å². The van der Waals surface area contributed by atoms with Crippen molar-refractivity contribution in [3.05, 3.63) is 54.6 Å². The third kappa shape index (κ3) is 5.07. The fraction of sp³-hybridized carbons (Fsp3) is 0.455. The topological polar surface area (TPSA) is 32.7 Å². The van der Waals surface area contributed by atoms with Crippen LogP contribution in [-0.2, 0) is 0 Å². The molecule has 2 aromatic rings. The van der Waals surface area contributed by atoms with E-state index in [2.05, 4.69) is 36.9 Å². The summed E-state index contributed by atoms with van der Waals surface area (Å²) in [6.45, 7) is 7.73. The summed E-state index contributed by atoms with van der Waals surface area (Å²) in [4.78, 5) is 2.37. The van der Waals surface area contributed by atoms with Crippen LogP contribution in [0.4, 0.5) is 0 Å². The molecule has 0 unspecified atom stereocenters. The molecule has 1 heterocycles. The van der Waals surface area contributed by atoms with Crippen molar-refractivity contribution in [3.8, 4) is 16.9 Å². The fourth-order valence-electron chi connectivity index (χ4n) is 3.93. The van der Waals surface area contributed by atoms with Gasteiger partial charge in [0.25, 0.3) is 0 Å². The van der Waals surface area contributed by atoms with Crippen LogP contribution in [-0.4, -0.2) is 42.4 Å². The van der Waals surface area contributed by atoms with E-state index in [0.717, 1.165) is 30.0 Å². The first kappa shape index (κ1) is 18.0. The predicted octanol–water partition coefficient (Wildman–Crippen LogP) is 4.07. The smallest absolute Gasteiger partial charge is 0.127 e. The molecule has 0 spiro atoms. The molecule has 25 heavy (non-hydrogen) atoms. The second-order valence-electron chi connectivity index (χ2n) is 7.49. The van der Waals surface area contributed by atoms with Crippen LogP contribution < -0.4 is 4.74 Å². The van der Waals surface area contributed by atoms with Gasteiger partial charge in [-0.05, 0) is 29.9 Å². The number of aliphatic hydroxyl groups excluding tert-OH is 1. The Morgan fingerprint density at radius 3 is 2.36 bits per heavy atom. The first-order valence-corrected chi connectivity index (χ1v) is 9.29. The Kier molecular flexibility index (Phi) is 6.11. The summed E-state index contributed by atoms with van der Waals surface area (Å²) < 4.78 is 5.97. The molecule has 2 aromatic carbocycles. The van der Waals surface area contributed by atoms with Gasteiger partial charge < -0.3 is 14.7 Å². The molecular formula is C22H29NO2. The Hall–Kier alpha value is -1.84. The van der Waals surface area contributed by atoms with Crippen LogP contribution in [0.25, 0.3) is 11.1 Å². The Morgan fingerprint density at radius 1 is 1.00 bits per heavy atom. The molecule has 1 aliphatic heterocycles. The average Bonchev–Trinajstić information content (AvgIpc) is 2.60. The lowest BCUT2D eigenvalue weighted by Crippen LogP contribution is -2.44. The first-order valence-electron chi connectivity index (χ1n) is 9.29. The lowest BCUT2D eigenvalue weighted by Gasteiger charge is -2.35. The van der Waals surface area contributed by atoms with Crippen LogP contribution >= 0.6 is 0 Å². The Morgan fingerprint density at radius 2 is 1.64 bits per heavy atom. The van der Waals surface area contributed by atoms with Gasteiger partial charge in [0.05, 0.1) is 0 Å². The van der Waals surface area contributed by atoms with Crippen LogP contribution in [0.3, 0.4) is 0 Å². The van der Waals surface area contributed by atoms with Gasteiger partial charge in [-0.2, -0.15) is 0 Å². The van der Waals surface area contributed by atoms with Gasteiger partial charge in [-0.3, -0.25) is 0 Å². The SMILES string of the molecule is C[C@H]1C[C@H](C)CN(C[C@H](O)COc2ccccc2-c2ccccc2)C1. The van der Waals surface area contributed by atoms with Gasteiger partial charge in [-0.1, -0.05) is 62.4 Å². The molecule has 1 fully saturated rings. The number of hydrogen-bond acceptors (Lipinski definition) is 3. The number of β-amino-alcohol motifs (C(OH)–C–C–N with tert-alkyl or cyclic N) is 1. The van der Waals surface area contributed by atoms with Crippen molar-refractivity contribution in [1.82, 2.24) is 4.90 Å². The van der Waals surface area contributed by atoms with Gasteiger partial charge in [-0.25, -0.2) is 0 Å². The van der Waals surface area contributed by atoms with Crippen molar-refractivity contribution in [3.63, 3.8) is 0 Å². The molecule has 3 atom stereocenters. The van der Waals surface area contributed by atoms with Gasteiger partial charge in [0.1, 0.15) is 18.5 Å². The number of likely N-dealkylation sites (tertiary alicyclic amines) is 1. The summed E-state index contributed by atoms with van der Waals surface area (Å²) in [5.41, 5.74) is 2.20. The van der Waals surface area contributed by atoms with Crippen molar-refractivity contribution in [1.29, 1.82) is 0 Å². The molecule has 0 saturated carbocycles. The summed E-state index contributed by atoms with van der Waals surface area (Å²) in [6, 6.07) is 18.2. The van der Waals surface area contributed by atoms with E-state index in [0.29, 0.717) is 25.0 Å². The van der Waals surface area contributed by atoms with E-state index < -0.39 is 6.10 Å². The minimum absolute atomic E-state index is 0.323. The summed E-state index contributed by atoms with van der Waals surface area (Å²) in [7, 11) is 0. The third-order valence-corrected chi connectivity index (χ3v) is 4.82. The minimum atomic E-state index is -0.471. The predicted molar refractivity (Wildman–Crippen MR) is 103 cm³/mol. The van der Waals surface area contributed by atoms with Gasteiger partial charge in [-0.15, -0.1) is 0 Å². The zero-order valence-electron chi connectivity index (χ0n) is 15.3. The third-order valence-electron chi connectivity index (χ3n) is 4.82. The van der Waals surface area contributed by atoms with E-state index in [-0.39, 0.29) is 0 Å². The van der Waals surface area contributed by atoms with Crippen molar-refractivity contribution >= 4 is 0 Å². The van der Waals surface area contributed by atoms with Crippen LogP contribution in [0.5, 0.6) is 5.75 Å². The second kappa shape index (κ2) is 8.50. The molecule has 3 nitrogen and oxygen atoms in total. The van der Waals surface area contributed by atoms with Gasteiger partial charge in [0.2, 0.25) is 0 Å². The van der Waals surface area contributed by atoms with E-state index in [1.54, 1.807) is 0 Å². The lowest BCUT2D eigenvalue weighted by atomic mass is 9.92. The molecular weight excluding hydrogens is 310 g/mol. The number of piperidine rings is 1. The zero-order valence-corrected chi connectivity index (χ0v) is 15.3. The molecule has 1 aliphatic rings. The molecule has 0 aromatic heterocycles. The van der Waals surface area contributed by atoms with E-state index in [9.17, 15) is 5.11 Å². The molecule has 0 radical (unpaired) electrons. The first-order chi connectivity index (χ1) is 12.1. The van der Waals surface area contributed by atoms with Crippen molar-refractivity contribution < 1.29 is 9.84 Å². The Labute approximate surface area is 151 Å². The summed E-state index contributed by atoms with van der Waals surface area (Å²) in [5.74, 6) is 2.24. The Bertz CT molecular complexity index is 648. The highest BCUT2D eigenvalue weighted by molar-refractivity contribution is 5.70. The maximum absolute atomic E-state index is 10.4. The Balaban J connectivity index is 1.58. The summed E-state index contributed by atoms with van der Waals surface area (Å²) in [5, 5.41) is 10.4. The number of rotatable bonds is 6. The van der Waals surface area contributed by atoms with E-state index in [4.69, 9.17) is 4.74 Å². The molecule has 1 saturated heterocycles. The van der Waals surface area contributed by atoms with Gasteiger partial charge >= 0.3 is 0 Å². The molecule has 0 bridgehead atoms. The number of ether oxygens (including phenoxy) is 1. The lowest BCUT2D eigenvalue weighted by molar-refractivity contribution is 0.0430. The minimum Gasteiger partial charge on any atom is -0.490 e. The number of para-hydroxylation sites is 1. The summed E-state index contributed by atoms with van der Waals surface area (Å²) in [6.07, 6.45) is 0.814. The summed E-state index contributed by atoms with van der Waals surface area (Å²) >= 11 is 0. The number of benzene rings is 2. The average molecular weight is 339 g/mol. The standard InChI is InChI=1S/C22H29NO2/c1-17-12-18(2)14-23(13-17)15-20(24)16-25-22-11-7-6-10-21(22)19-8-4-3-5-9-19/h3-11,17-18,20,24H,12-16H2,1-2H3/t17-,18-,20-/m0/s1. The highest BCUT2D eigenvalue weighted by atomic mass is 16.5. The molecule has 3 rings (SSSR count). The molecule has 134 valence electrons. The van der Waals surface area contributed by atoms with Crippen LogP contribution in [0.15, 0.2) is 54.6 Å². The number of nitrogens with zero attached hydrogens (tertiary/aromatic N) is 1. The maximum Gasteiger partial charge on any atom is 0.127 e. The van der Waals surface area contributed by atoms with E-state index in [1.165, 1.54) is 6.42 Å². The van der Waals surface area contributed by atoms with Crippen LogP contribution in [0.1, 0.15) is 20.3 Å². The largest absolute Gasteiger partial charge is 0.490 e. The quantitative estimate of drug-likeness (QED) is 0.861. The zero-order chi connectivity index (χ0) is 17.6. The number of hydrogen-bond donors (Lipinski definition) is 1. The highest BCUT2D eigenvalue weighted by Gasteiger charge is 2.23. The van der Waals surface area contributed by atoms with Crippen molar-refractivity contribution in [2.45, 2.75) is 26.4 Å². The van der Waals surface area contributed by atoms with E-state index >= 15 is 0 Å². The second-order valence-corrected chi connectivity index (χ2v) is 7.49. The number of aliphatic hydroxyl groups is 1. The monoisotopic (exact) mass is 339 g/mol. The van der Waals surface area contributed by atoms with Gasteiger partial charge in [0, 0.05) is 25.2 Å². The normalized spacial score (nSPS) is 22.5.